The lowest BCUT2D eigenvalue weighted by Gasteiger charge is -2.12. The maximum atomic E-state index is 12.0. The molecule has 0 aliphatic rings. The van der Waals surface area contributed by atoms with E-state index in [9.17, 15) is 13.2 Å². The van der Waals surface area contributed by atoms with Crippen LogP contribution < -0.4 is 5.73 Å². The van der Waals surface area contributed by atoms with E-state index in [4.69, 9.17) is 10.8 Å². The maximum absolute atomic E-state index is 12.0. The quantitative estimate of drug-likeness (QED) is 0.815. The van der Waals surface area contributed by atoms with Gasteiger partial charge in [-0.05, 0) is 12.1 Å². The van der Waals surface area contributed by atoms with Gasteiger partial charge in [0.15, 0.2) is 6.04 Å². The summed E-state index contributed by atoms with van der Waals surface area (Å²) in [6, 6.07) is 0.220. The number of furan rings is 1. The van der Waals surface area contributed by atoms with Gasteiger partial charge in [0.2, 0.25) is 0 Å². The van der Waals surface area contributed by atoms with E-state index in [1.165, 1.54) is 6.07 Å². The summed E-state index contributed by atoms with van der Waals surface area (Å²) < 4.78 is 40.6. The molecule has 0 amide bonds. The van der Waals surface area contributed by atoms with Gasteiger partial charge in [-0.2, -0.15) is 13.2 Å². The Morgan fingerprint density at radius 3 is 2.36 bits per heavy atom. The van der Waals surface area contributed by atoms with E-state index in [2.05, 4.69) is 4.42 Å². The van der Waals surface area contributed by atoms with Gasteiger partial charge >= 0.3 is 6.18 Å². The first-order valence-corrected chi connectivity index (χ1v) is 3.47. The van der Waals surface area contributed by atoms with E-state index in [1.54, 1.807) is 0 Å². The Morgan fingerprint density at radius 2 is 2.00 bits per heavy atom. The van der Waals surface area contributed by atoms with Crippen molar-refractivity contribution in [1.29, 1.82) is 0 Å². The average Bonchev–Trinajstić information content (AvgIpc) is 2.48. The molecule has 0 saturated carbocycles. The topological polar surface area (TPSA) is 59.4 Å². The Bertz CT molecular complexity index is 287. The van der Waals surface area contributed by atoms with Crippen LogP contribution in [-0.2, 0) is 6.61 Å². The molecule has 1 rings (SSSR count). The summed E-state index contributed by atoms with van der Waals surface area (Å²) in [4.78, 5) is 0. The van der Waals surface area contributed by atoms with Gasteiger partial charge in [0, 0.05) is 0 Å². The third kappa shape index (κ3) is 2.90. The van der Waals surface area contributed by atoms with Gasteiger partial charge in [-0.25, -0.2) is 0 Å². The lowest BCUT2D eigenvalue weighted by Crippen LogP contribution is -2.27. The van der Waals surface area contributed by atoms with Crippen molar-refractivity contribution in [3.05, 3.63) is 23.7 Å². The SMILES string of the molecule is Cl.N[C@H](c1ccc(CO)o1)C(F)(F)F. The minimum absolute atomic E-state index is 0. The Kier molecular flexibility index (Phi) is 4.44. The molecule has 7 heteroatoms. The molecule has 0 fully saturated rings. The lowest BCUT2D eigenvalue weighted by molar-refractivity contribution is -0.152. The Morgan fingerprint density at radius 1 is 1.43 bits per heavy atom. The van der Waals surface area contributed by atoms with Gasteiger partial charge in [0.1, 0.15) is 18.1 Å². The molecule has 82 valence electrons. The van der Waals surface area contributed by atoms with Crippen molar-refractivity contribution in [3.8, 4) is 0 Å². The summed E-state index contributed by atoms with van der Waals surface area (Å²) >= 11 is 0. The van der Waals surface area contributed by atoms with Crippen LogP contribution in [0, 0.1) is 0 Å². The van der Waals surface area contributed by atoms with E-state index in [1.807, 2.05) is 0 Å². The molecule has 0 aromatic carbocycles. The zero-order valence-corrected chi connectivity index (χ0v) is 7.73. The minimum Gasteiger partial charge on any atom is -0.462 e. The second-order valence-corrected chi connectivity index (χ2v) is 2.48. The molecule has 1 atom stereocenters. The summed E-state index contributed by atoms with van der Waals surface area (Å²) in [5, 5.41) is 8.52. The van der Waals surface area contributed by atoms with Crippen LogP contribution >= 0.6 is 12.4 Å². The number of alkyl halides is 3. The van der Waals surface area contributed by atoms with Crippen LogP contribution in [0.25, 0.3) is 0 Å². The van der Waals surface area contributed by atoms with Gasteiger partial charge in [-0.1, -0.05) is 0 Å². The fourth-order valence-electron chi connectivity index (χ4n) is 0.808. The van der Waals surface area contributed by atoms with Crippen LogP contribution in [0.5, 0.6) is 0 Å². The van der Waals surface area contributed by atoms with E-state index >= 15 is 0 Å². The molecule has 1 heterocycles. The number of aliphatic hydroxyl groups is 1. The first-order chi connectivity index (χ1) is 5.95. The average molecular weight is 232 g/mol. The molecule has 3 N–H and O–H groups in total. The number of hydrogen-bond donors (Lipinski definition) is 2. The van der Waals surface area contributed by atoms with Crippen molar-refractivity contribution in [1.82, 2.24) is 0 Å². The van der Waals surface area contributed by atoms with Crippen LogP contribution in [0.3, 0.4) is 0 Å². The number of aliphatic hydroxyl groups excluding tert-OH is 1. The summed E-state index contributed by atoms with van der Waals surface area (Å²) in [5.41, 5.74) is 4.84. The van der Waals surface area contributed by atoms with E-state index < -0.39 is 24.6 Å². The van der Waals surface area contributed by atoms with Crippen LogP contribution in [0.4, 0.5) is 13.2 Å². The molecular formula is C7H9ClF3NO2. The third-order valence-electron chi connectivity index (χ3n) is 1.50. The van der Waals surface area contributed by atoms with Crippen LogP contribution in [-0.4, -0.2) is 11.3 Å². The zero-order valence-electron chi connectivity index (χ0n) is 6.91. The standard InChI is InChI=1S/C7H8F3NO2.ClH/c8-7(9,10)6(11)5-2-1-4(3-12)13-5;/h1-2,6,12H,3,11H2;1H/t6-;/m1./s1. The highest BCUT2D eigenvalue weighted by atomic mass is 35.5. The molecule has 0 aliphatic heterocycles. The molecule has 1 aromatic rings. The monoisotopic (exact) mass is 231 g/mol. The van der Waals surface area contributed by atoms with Crippen molar-refractivity contribution < 1.29 is 22.7 Å². The molecule has 0 spiro atoms. The number of nitrogens with two attached hydrogens (primary N) is 1. The fraction of sp³-hybridized carbons (Fsp3) is 0.429. The third-order valence-corrected chi connectivity index (χ3v) is 1.50. The summed E-state index contributed by atoms with van der Waals surface area (Å²) in [6.45, 7) is -0.440. The largest absolute Gasteiger partial charge is 0.462 e. The molecule has 14 heavy (non-hydrogen) atoms. The van der Waals surface area contributed by atoms with Gasteiger partial charge in [-0.3, -0.25) is 0 Å². The minimum atomic E-state index is -4.52. The highest BCUT2D eigenvalue weighted by molar-refractivity contribution is 5.85. The summed E-state index contributed by atoms with van der Waals surface area (Å²) in [7, 11) is 0. The smallest absolute Gasteiger partial charge is 0.410 e. The zero-order chi connectivity index (χ0) is 10.1. The predicted octanol–water partition coefficient (Wildman–Crippen LogP) is 1.76. The van der Waals surface area contributed by atoms with E-state index in [-0.39, 0.29) is 18.2 Å². The highest BCUT2D eigenvalue weighted by Gasteiger charge is 2.39. The molecule has 0 unspecified atom stereocenters. The van der Waals surface area contributed by atoms with Crippen molar-refractivity contribution in [2.75, 3.05) is 0 Å². The normalized spacial score (nSPS) is 13.5. The number of halogens is 4. The van der Waals surface area contributed by atoms with E-state index in [0.717, 1.165) is 6.07 Å². The van der Waals surface area contributed by atoms with Crippen molar-refractivity contribution >= 4 is 12.4 Å². The highest BCUT2D eigenvalue weighted by Crippen LogP contribution is 2.31. The van der Waals surface area contributed by atoms with E-state index in [0.29, 0.717) is 0 Å². The van der Waals surface area contributed by atoms with Crippen molar-refractivity contribution in [2.45, 2.75) is 18.8 Å². The molecule has 0 saturated heterocycles. The predicted molar refractivity (Wildman–Crippen MR) is 44.9 cm³/mol. The second-order valence-electron chi connectivity index (χ2n) is 2.48. The number of rotatable bonds is 2. The van der Waals surface area contributed by atoms with Crippen molar-refractivity contribution in [2.24, 2.45) is 5.73 Å². The first-order valence-electron chi connectivity index (χ1n) is 3.47. The molecule has 3 nitrogen and oxygen atoms in total. The van der Waals surface area contributed by atoms with Crippen molar-refractivity contribution in [3.63, 3.8) is 0 Å². The van der Waals surface area contributed by atoms with Crippen LogP contribution in [0.2, 0.25) is 0 Å². The summed E-state index contributed by atoms with van der Waals surface area (Å²) in [6.07, 6.45) is -4.52. The lowest BCUT2D eigenvalue weighted by atomic mass is 10.2. The van der Waals surface area contributed by atoms with Gasteiger partial charge < -0.3 is 15.3 Å². The molecule has 1 aromatic heterocycles. The second kappa shape index (κ2) is 4.68. The Balaban J connectivity index is 0.00000169. The Hall–Kier alpha value is -0.720. The molecule has 0 radical (unpaired) electrons. The molecule has 0 aliphatic carbocycles. The molecular weight excluding hydrogens is 223 g/mol. The summed E-state index contributed by atoms with van der Waals surface area (Å²) in [5.74, 6) is -0.328. The van der Waals surface area contributed by atoms with Crippen LogP contribution in [0.1, 0.15) is 17.6 Å². The Labute approximate surface area is 84.1 Å². The van der Waals surface area contributed by atoms with Gasteiger partial charge in [0.25, 0.3) is 0 Å². The first kappa shape index (κ1) is 13.3. The maximum Gasteiger partial charge on any atom is 0.410 e. The fourth-order valence-corrected chi connectivity index (χ4v) is 0.808. The molecule has 0 bridgehead atoms. The number of hydrogen-bond acceptors (Lipinski definition) is 3. The van der Waals surface area contributed by atoms with Gasteiger partial charge in [-0.15, -0.1) is 12.4 Å². The van der Waals surface area contributed by atoms with Gasteiger partial charge in [0.05, 0.1) is 0 Å². The van der Waals surface area contributed by atoms with Crippen LogP contribution in [0.15, 0.2) is 16.5 Å².